The number of hydrogen-bond acceptors (Lipinski definition) is 7. The molecule has 1 heterocycles. The second kappa shape index (κ2) is 12.4. The van der Waals surface area contributed by atoms with Crippen molar-refractivity contribution >= 4 is 5.97 Å². The van der Waals surface area contributed by atoms with Gasteiger partial charge in [0.15, 0.2) is 5.60 Å². The summed E-state index contributed by atoms with van der Waals surface area (Å²) in [6.07, 6.45) is 4.72. The van der Waals surface area contributed by atoms with E-state index in [1.54, 1.807) is 52.0 Å². The molecule has 2 rings (SSSR count). The lowest BCUT2D eigenvalue weighted by molar-refractivity contribution is -0.158. The smallest absolute Gasteiger partial charge is 0.349 e. The maximum absolute atomic E-state index is 12.5. The molecule has 1 unspecified atom stereocenters. The molecule has 9 nitrogen and oxygen atoms in total. The van der Waals surface area contributed by atoms with E-state index in [1.165, 1.54) is 11.7 Å². The molecule has 1 aromatic heterocycles. The van der Waals surface area contributed by atoms with Crippen LogP contribution in [0.5, 0.6) is 11.6 Å². The highest BCUT2D eigenvalue weighted by Gasteiger charge is 2.31. The zero-order valence-electron chi connectivity index (χ0n) is 21.1. The Labute approximate surface area is 200 Å². The highest BCUT2D eigenvalue weighted by atomic mass is 16.6. The SMILES string of the molecule is CCCCCCCn1nc(OC(C)c2ccc(OC(C)(C)C(=O)OCC)cc2)c(=O)n(C)c1=O. The van der Waals surface area contributed by atoms with Crippen LogP contribution < -0.4 is 20.7 Å². The van der Waals surface area contributed by atoms with Gasteiger partial charge in [0.05, 0.1) is 6.61 Å². The minimum Gasteiger partial charge on any atom is -0.476 e. The van der Waals surface area contributed by atoms with E-state index in [9.17, 15) is 14.4 Å². The van der Waals surface area contributed by atoms with Crippen molar-refractivity contribution in [2.75, 3.05) is 6.61 Å². The van der Waals surface area contributed by atoms with Gasteiger partial charge in [-0.1, -0.05) is 44.7 Å². The number of ether oxygens (including phenoxy) is 3. The Kier molecular flexibility index (Phi) is 9.89. The first-order valence-electron chi connectivity index (χ1n) is 11.9. The van der Waals surface area contributed by atoms with Gasteiger partial charge in [-0.05, 0) is 51.8 Å². The lowest BCUT2D eigenvalue weighted by atomic mass is 10.1. The third-order valence-electron chi connectivity index (χ3n) is 5.46. The molecule has 0 amide bonds. The number of carbonyl (C=O) groups is 1. The number of carbonyl (C=O) groups excluding carboxylic acids is 1. The molecule has 0 N–H and O–H groups in total. The van der Waals surface area contributed by atoms with E-state index in [4.69, 9.17) is 14.2 Å². The summed E-state index contributed by atoms with van der Waals surface area (Å²) in [5.41, 5.74) is -1.37. The Bertz CT molecular complexity index is 1060. The van der Waals surface area contributed by atoms with Crippen LogP contribution in [-0.4, -0.2) is 32.5 Å². The normalized spacial score (nSPS) is 12.3. The van der Waals surface area contributed by atoms with Gasteiger partial charge in [-0.3, -0.25) is 9.36 Å². The standard InChI is InChI=1S/C25H37N3O6/c1-7-9-10-11-12-17-28-24(31)27(6)22(29)21(26-28)33-18(3)19-13-15-20(16-14-19)34-25(4,5)23(30)32-8-2/h13-16,18H,7-12,17H2,1-6H3. The average molecular weight is 476 g/mol. The number of nitrogens with zero attached hydrogens (tertiary/aromatic N) is 3. The van der Waals surface area contributed by atoms with E-state index < -0.39 is 28.9 Å². The molecule has 1 atom stereocenters. The highest BCUT2D eigenvalue weighted by molar-refractivity contribution is 5.79. The number of aromatic nitrogens is 3. The van der Waals surface area contributed by atoms with Crippen LogP contribution in [0.3, 0.4) is 0 Å². The summed E-state index contributed by atoms with van der Waals surface area (Å²) in [6, 6.07) is 7.02. The maximum Gasteiger partial charge on any atom is 0.349 e. The predicted octanol–water partition coefficient (Wildman–Crippen LogP) is 3.77. The molecule has 0 saturated heterocycles. The van der Waals surface area contributed by atoms with Gasteiger partial charge in [0.25, 0.3) is 5.88 Å². The average Bonchev–Trinajstić information content (AvgIpc) is 2.80. The molecule has 0 spiro atoms. The quantitative estimate of drug-likeness (QED) is 0.321. The lowest BCUT2D eigenvalue weighted by Gasteiger charge is -2.24. The molecule has 0 saturated carbocycles. The van der Waals surface area contributed by atoms with Crippen LogP contribution in [0.4, 0.5) is 0 Å². The van der Waals surface area contributed by atoms with Gasteiger partial charge in [0.1, 0.15) is 11.9 Å². The fraction of sp³-hybridized carbons (Fsp3) is 0.600. The van der Waals surface area contributed by atoms with Gasteiger partial charge in [0.2, 0.25) is 0 Å². The number of hydrogen-bond donors (Lipinski definition) is 0. The van der Waals surface area contributed by atoms with Gasteiger partial charge in [-0.15, -0.1) is 5.10 Å². The molecule has 1 aromatic carbocycles. The summed E-state index contributed by atoms with van der Waals surface area (Å²) in [4.78, 5) is 37.0. The van der Waals surface area contributed by atoms with Gasteiger partial charge in [-0.2, -0.15) is 0 Å². The Hall–Kier alpha value is -3.10. The monoisotopic (exact) mass is 475 g/mol. The van der Waals surface area contributed by atoms with Crippen molar-refractivity contribution in [2.24, 2.45) is 7.05 Å². The van der Waals surface area contributed by atoms with Gasteiger partial charge in [0, 0.05) is 13.6 Å². The Morgan fingerprint density at radius 1 is 1.06 bits per heavy atom. The Morgan fingerprint density at radius 2 is 1.71 bits per heavy atom. The van der Waals surface area contributed by atoms with Crippen molar-refractivity contribution in [1.82, 2.24) is 14.3 Å². The van der Waals surface area contributed by atoms with E-state index in [0.717, 1.165) is 42.2 Å². The molecule has 0 aliphatic carbocycles. The fourth-order valence-corrected chi connectivity index (χ4v) is 3.37. The van der Waals surface area contributed by atoms with Crippen LogP contribution in [0, 0.1) is 0 Å². The lowest BCUT2D eigenvalue weighted by Crippen LogP contribution is -2.40. The number of aryl methyl sites for hydroxylation is 1. The molecule has 9 heteroatoms. The first kappa shape index (κ1) is 27.1. The summed E-state index contributed by atoms with van der Waals surface area (Å²) in [5, 5.41) is 4.19. The van der Waals surface area contributed by atoms with Crippen LogP contribution in [0.25, 0.3) is 0 Å². The van der Waals surface area contributed by atoms with Crippen LogP contribution in [0.1, 0.15) is 78.4 Å². The minimum absolute atomic E-state index is 0.119. The molecule has 188 valence electrons. The van der Waals surface area contributed by atoms with Gasteiger partial charge >= 0.3 is 17.2 Å². The molecule has 2 aromatic rings. The molecular weight excluding hydrogens is 438 g/mol. The molecule has 0 fully saturated rings. The zero-order valence-corrected chi connectivity index (χ0v) is 21.1. The third kappa shape index (κ3) is 7.20. The molecule has 0 aliphatic rings. The first-order valence-corrected chi connectivity index (χ1v) is 11.9. The highest BCUT2D eigenvalue weighted by Crippen LogP contribution is 2.24. The third-order valence-corrected chi connectivity index (χ3v) is 5.46. The van der Waals surface area contributed by atoms with Crippen molar-refractivity contribution in [1.29, 1.82) is 0 Å². The molecule has 0 aliphatic heterocycles. The zero-order chi connectivity index (χ0) is 25.3. The van der Waals surface area contributed by atoms with E-state index in [2.05, 4.69) is 12.0 Å². The minimum atomic E-state index is -1.12. The van der Waals surface area contributed by atoms with Crippen molar-refractivity contribution in [3.8, 4) is 11.6 Å². The van der Waals surface area contributed by atoms with E-state index in [0.29, 0.717) is 12.3 Å². The predicted molar refractivity (Wildman–Crippen MR) is 129 cm³/mol. The number of benzene rings is 1. The van der Waals surface area contributed by atoms with Crippen LogP contribution in [0.2, 0.25) is 0 Å². The summed E-state index contributed by atoms with van der Waals surface area (Å²) < 4.78 is 19.0. The molecule has 0 bridgehead atoms. The summed E-state index contributed by atoms with van der Waals surface area (Å²) in [7, 11) is 1.43. The summed E-state index contributed by atoms with van der Waals surface area (Å²) in [5.74, 6) is -0.0650. The van der Waals surface area contributed by atoms with Gasteiger partial charge < -0.3 is 14.2 Å². The molecular formula is C25H37N3O6. The van der Waals surface area contributed by atoms with Crippen molar-refractivity contribution in [2.45, 2.75) is 85.0 Å². The Balaban J connectivity index is 2.11. The summed E-state index contributed by atoms with van der Waals surface area (Å²) in [6.45, 7) is 9.68. The second-order valence-electron chi connectivity index (χ2n) is 8.75. The molecule has 34 heavy (non-hydrogen) atoms. The maximum atomic E-state index is 12.5. The van der Waals surface area contributed by atoms with Crippen molar-refractivity contribution < 1.29 is 19.0 Å². The van der Waals surface area contributed by atoms with Crippen molar-refractivity contribution in [3.05, 3.63) is 50.7 Å². The van der Waals surface area contributed by atoms with Crippen LogP contribution >= 0.6 is 0 Å². The van der Waals surface area contributed by atoms with E-state index in [1.807, 2.05) is 0 Å². The largest absolute Gasteiger partial charge is 0.476 e. The summed E-state index contributed by atoms with van der Waals surface area (Å²) >= 11 is 0. The first-order chi connectivity index (χ1) is 16.1. The van der Waals surface area contributed by atoms with Crippen LogP contribution in [0.15, 0.2) is 33.9 Å². The second-order valence-corrected chi connectivity index (χ2v) is 8.75. The van der Waals surface area contributed by atoms with E-state index >= 15 is 0 Å². The number of rotatable bonds is 13. The topological polar surface area (TPSA) is 102 Å². The van der Waals surface area contributed by atoms with E-state index in [-0.39, 0.29) is 12.5 Å². The van der Waals surface area contributed by atoms with Crippen molar-refractivity contribution in [3.63, 3.8) is 0 Å². The fourth-order valence-electron chi connectivity index (χ4n) is 3.37. The Morgan fingerprint density at radius 3 is 2.32 bits per heavy atom. The van der Waals surface area contributed by atoms with Crippen LogP contribution in [-0.2, 0) is 23.1 Å². The number of unbranched alkanes of at least 4 members (excludes halogenated alkanes) is 4. The number of esters is 1. The van der Waals surface area contributed by atoms with Gasteiger partial charge in [-0.25, -0.2) is 14.3 Å². The molecule has 0 radical (unpaired) electrons.